The van der Waals surface area contributed by atoms with E-state index in [2.05, 4.69) is 13.8 Å². The van der Waals surface area contributed by atoms with Gasteiger partial charge in [0.2, 0.25) is 0 Å². The number of unbranched alkanes of at least 4 members (excludes halogenated alkanes) is 13. The minimum absolute atomic E-state index is 0. The van der Waals surface area contributed by atoms with Gasteiger partial charge in [-0.15, -0.1) is 0 Å². The van der Waals surface area contributed by atoms with Crippen LogP contribution in [0.4, 0.5) is 0 Å². The van der Waals surface area contributed by atoms with Gasteiger partial charge < -0.3 is 0 Å². The van der Waals surface area contributed by atoms with Crippen molar-refractivity contribution in [3.8, 4) is 0 Å². The van der Waals surface area contributed by atoms with Gasteiger partial charge in [0.05, 0.1) is 0 Å². The molecule has 0 N–H and O–H groups in total. The zero-order chi connectivity index (χ0) is 11.9. The van der Waals surface area contributed by atoms with Crippen molar-refractivity contribution in [2.24, 2.45) is 0 Å². The second kappa shape index (κ2) is 25.2. The first-order valence-corrected chi connectivity index (χ1v) is 7.91. The Kier molecular flexibility index (Phi) is 36.7. The van der Waals surface area contributed by atoms with Gasteiger partial charge in [-0.05, 0) is 0 Å². The fourth-order valence-electron chi connectivity index (χ4n) is 2.27. The molecule has 0 spiro atoms. The van der Waals surface area contributed by atoms with Crippen LogP contribution in [0.3, 0.4) is 0 Å². The van der Waals surface area contributed by atoms with Crippen LogP contribution in [0.2, 0.25) is 0 Å². The molecule has 0 rings (SSSR count). The minimum Gasteiger partial charge on any atom is -0.0654 e. The molecule has 0 saturated heterocycles. The van der Waals surface area contributed by atoms with Crippen LogP contribution < -0.4 is 0 Å². The molecule has 2 heteroatoms. The second-order valence-electron chi connectivity index (χ2n) is 5.24. The van der Waals surface area contributed by atoms with E-state index >= 15 is 0 Å². The maximum absolute atomic E-state index is 2.29. The average Bonchev–Trinajstić information content (AvgIpc) is 2.31. The van der Waals surface area contributed by atoms with Gasteiger partial charge >= 0.3 is 0 Å². The molecule has 18 heavy (non-hydrogen) atoms. The van der Waals surface area contributed by atoms with Crippen LogP contribution in [-0.4, -0.2) is 103 Å². The van der Waals surface area contributed by atoms with Gasteiger partial charge in [0, 0.05) is 103 Å². The zero-order valence-electron chi connectivity index (χ0n) is 13.9. The predicted octanol–water partition coefficient (Wildman–Crippen LogP) is 5.73. The molecular weight excluding hydrogens is 270 g/mol. The molecule has 100 valence electrons. The van der Waals surface area contributed by atoms with E-state index in [1.807, 2.05) is 0 Å². The maximum Gasteiger partial charge on any atom is 0 e. The molecule has 0 aromatic rings. The molecule has 2 radical (unpaired) electrons. The number of rotatable bonds is 13. The molecule has 0 aliphatic rings. The van der Waals surface area contributed by atoms with Crippen molar-refractivity contribution in [3.63, 3.8) is 0 Å². The summed E-state index contributed by atoms with van der Waals surface area (Å²) in [5.41, 5.74) is 0. The van der Waals surface area contributed by atoms with Gasteiger partial charge in [0.15, 0.2) is 0 Å². The molecule has 0 aromatic carbocycles. The Hall–Kier alpha value is 3.27. The maximum atomic E-state index is 2.29. The average molecular weight is 305 g/mol. The van der Waals surface area contributed by atoms with E-state index in [0.717, 1.165) is 0 Å². The topological polar surface area (TPSA) is 0 Å². The molecular formula is C16H34K2. The van der Waals surface area contributed by atoms with E-state index < -0.39 is 0 Å². The minimum atomic E-state index is 0. The Balaban J connectivity index is -0.00000112. The molecule has 0 fully saturated rings. The van der Waals surface area contributed by atoms with Crippen LogP contribution in [0.15, 0.2) is 0 Å². The molecule has 0 saturated carbocycles. The van der Waals surface area contributed by atoms with Crippen molar-refractivity contribution < 1.29 is 0 Å². The Morgan fingerprint density at radius 3 is 0.667 bits per heavy atom. The van der Waals surface area contributed by atoms with Gasteiger partial charge in [0.1, 0.15) is 0 Å². The summed E-state index contributed by atoms with van der Waals surface area (Å²) in [5.74, 6) is 0. The predicted molar refractivity (Wildman–Crippen MR) is 87.5 cm³/mol. The molecule has 0 bridgehead atoms. The fraction of sp³-hybridized carbons (Fsp3) is 1.00. The van der Waals surface area contributed by atoms with E-state index in [-0.39, 0.29) is 103 Å². The summed E-state index contributed by atoms with van der Waals surface area (Å²) in [4.78, 5) is 0. The summed E-state index contributed by atoms with van der Waals surface area (Å²) in [6.45, 7) is 4.58. The summed E-state index contributed by atoms with van der Waals surface area (Å²) in [7, 11) is 0. The fourth-order valence-corrected chi connectivity index (χ4v) is 2.27. The van der Waals surface area contributed by atoms with Crippen LogP contribution >= 0.6 is 0 Å². The molecule has 0 heterocycles. The number of hydrogen-bond acceptors (Lipinski definition) is 0. The molecule has 0 unspecified atom stereocenters. The van der Waals surface area contributed by atoms with Gasteiger partial charge in [-0.1, -0.05) is 104 Å². The molecule has 0 aliphatic heterocycles. The van der Waals surface area contributed by atoms with Gasteiger partial charge in [-0.2, -0.15) is 0 Å². The van der Waals surface area contributed by atoms with Crippen molar-refractivity contribution >= 4 is 103 Å². The second-order valence-corrected chi connectivity index (χ2v) is 5.24. The molecule has 0 nitrogen and oxygen atoms in total. The molecule has 0 amide bonds. The van der Waals surface area contributed by atoms with E-state index in [0.29, 0.717) is 0 Å². The van der Waals surface area contributed by atoms with Crippen LogP contribution in [0.1, 0.15) is 104 Å². The van der Waals surface area contributed by atoms with E-state index in [4.69, 9.17) is 0 Å². The summed E-state index contributed by atoms with van der Waals surface area (Å²) in [5, 5.41) is 0. The third kappa shape index (κ3) is 24.3. The van der Waals surface area contributed by atoms with Gasteiger partial charge in [0.25, 0.3) is 0 Å². The molecule has 0 atom stereocenters. The Morgan fingerprint density at radius 2 is 0.500 bits per heavy atom. The zero-order valence-corrected chi connectivity index (χ0v) is 20.1. The molecule has 0 aromatic heterocycles. The first-order chi connectivity index (χ1) is 7.91. The first-order valence-electron chi connectivity index (χ1n) is 7.91. The van der Waals surface area contributed by atoms with E-state index in [1.54, 1.807) is 0 Å². The van der Waals surface area contributed by atoms with E-state index in [9.17, 15) is 0 Å². The largest absolute Gasteiger partial charge is 0.0654 e. The summed E-state index contributed by atoms with van der Waals surface area (Å²) in [6.07, 6.45) is 20.4. The van der Waals surface area contributed by atoms with Crippen LogP contribution in [0, 0.1) is 0 Å². The monoisotopic (exact) mass is 304 g/mol. The number of hydrogen-bond donors (Lipinski definition) is 0. The Labute approximate surface area is 202 Å². The standard InChI is InChI=1S/C16H34.2K/c1-3-5-7-9-11-13-15-16-14-12-10-8-6-4-2;;/h3-16H2,1-2H3;;. The van der Waals surface area contributed by atoms with Crippen molar-refractivity contribution in [1.29, 1.82) is 0 Å². The SMILES string of the molecule is CCCCCCCCCCCCCCCC.[K].[K]. The Morgan fingerprint density at radius 1 is 0.333 bits per heavy atom. The van der Waals surface area contributed by atoms with Gasteiger partial charge in [-0.25, -0.2) is 0 Å². The van der Waals surface area contributed by atoms with Crippen LogP contribution in [0.25, 0.3) is 0 Å². The summed E-state index contributed by atoms with van der Waals surface area (Å²) in [6, 6.07) is 0. The van der Waals surface area contributed by atoms with Crippen molar-refractivity contribution in [3.05, 3.63) is 0 Å². The molecule has 0 aliphatic carbocycles. The quantitative estimate of drug-likeness (QED) is 0.301. The Bertz CT molecular complexity index is 102. The summed E-state index contributed by atoms with van der Waals surface area (Å²) < 4.78 is 0. The third-order valence-corrected chi connectivity index (χ3v) is 3.46. The van der Waals surface area contributed by atoms with Crippen LogP contribution in [0.5, 0.6) is 0 Å². The van der Waals surface area contributed by atoms with E-state index in [1.165, 1.54) is 89.9 Å². The smallest absolute Gasteiger partial charge is 0 e. The van der Waals surface area contributed by atoms with Gasteiger partial charge in [-0.3, -0.25) is 0 Å². The van der Waals surface area contributed by atoms with Crippen molar-refractivity contribution in [1.82, 2.24) is 0 Å². The first kappa shape index (κ1) is 26.2. The van der Waals surface area contributed by atoms with Crippen molar-refractivity contribution in [2.45, 2.75) is 104 Å². The van der Waals surface area contributed by atoms with Crippen LogP contribution in [-0.2, 0) is 0 Å². The van der Waals surface area contributed by atoms with Crippen molar-refractivity contribution in [2.75, 3.05) is 0 Å². The third-order valence-electron chi connectivity index (χ3n) is 3.46. The normalized spacial score (nSPS) is 9.67. The summed E-state index contributed by atoms with van der Waals surface area (Å²) >= 11 is 0.